The number of para-hydroxylation sites is 1. The molecule has 1 nitrogen and oxygen atoms in total. The van der Waals surface area contributed by atoms with Gasteiger partial charge in [0, 0.05) is 33.4 Å². The third-order valence-electron chi connectivity index (χ3n) is 11.6. The average Bonchev–Trinajstić information content (AvgIpc) is 3.70. The lowest BCUT2D eigenvalue weighted by Crippen LogP contribution is -2.07. The second kappa shape index (κ2) is 9.21. The van der Waals surface area contributed by atoms with E-state index in [0.717, 1.165) is 0 Å². The highest BCUT2D eigenvalue weighted by Crippen LogP contribution is 2.56. The van der Waals surface area contributed by atoms with Gasteiger partial charge in [-0.1, -0.05) is 96.6 Å². The summed E-state index contributed by atoms with van der Waals surface area (Å²) in [5.41, 5.74) is 18.5. The zero-order valence-corrected chi connectivity index (χ0v) is 25.8. The van der Waals surface area contributed by atoms with E-state index in [1.807, 2.05) is 0 Å². The summed E-state index contributed by atoms with van der Waals surface area (Å²) in [6, 6.07) is 46.2. The van der Waals surface area contributed by atoms with Crippen molar-refractivity contribution in [3.8, 4) is 33.4 Å². The normalized spacial score (nSPS) is 18.6. The molecule has 0 saturated heterocycles. The molecule has 3 aliphatic carbocycles. The molecule has 0 fully saturated rings. The maximum absolute atomic E-state index is 2.61. The van der Waals surface area contributed by atoms with Crippen molar-refractivity contribution in [2.75, 3.05) is 0 Å². The molecule has 0 N–H and O–H groups in total. The minimum Gasteiger partial charge on any atom is -0.308 e. The zero-order valence-electron chi connectivity index (χ0n) is 25.8. The predicted molar refractivity (Wildman–Crippen MR) is 193 cm³/mol. The van der Waals surface area contributed by atoms with Crippen molar-refractivity contribution in [1.82, 2.24) is 4.40 Å². The zero-order chi connectivity index (χ0) is 29.9. The molecule has 2 atom stereocenters. The third-order valence-corrected chi connectivity index (χ3v) is 11.6. The Labute approximate surface area is 268 Å². The maximum atomic E-state index is 2.61. The molecule has 2 unspecified atom stereocenters. The Morgan fingerprint density at radius 1 is 0.500 bits per heavy atom. The molecule has 0 amide bonds. The molecule has 2 heterocycles. The molecule has 0 radical (unpaired) electrons. The summed E-state index contributed by atoms with van der Waals surface area (Å²) in [5.74, 6) is 1.07. The van der Waals surface area contributed by atoms with Crippen molar-refractivity contribution in [2.45, 2.75) is 43.9 Å². The van der Waals surface area contributed by atoms with Crippen LogP contribution in [0, 0.1) is 0 Å². The Morgan fingerprint density at radius 3 is 2.20 bits per heavy atom. The van der Waals surface area contributed by atoms with Gasteiger partial charge in [0.25, 0.3) is 0 Å². The van der Waals surface area contributed by atoms with E-state index in [9.17, 15) is 0 Å². The van der Waals surface area contributed by atoms with E-state index in [2.05, 4.69) is 132 Å². The maximum Gasteiger partial charge on any atom is 0.0620 e. The summed E-state index contributed by atoms with van der Waals surface area (Å²) in [6.07, 6.45) is 8.85. The number of aromatic nitrogens is 1. The number of rotatable bonds is 2. The average molecular weight is 588 g/mol. The molecule has 2 aromatic heterocycles. The Kier molecular flexibility index (Phi) is 5.02. The number of hydrogen-bond acceptors (Lipinski definition) is 0. The van der Waals surface area contributed by atoms with Crippen molar-refractivity contribution in [2.24, 2.45) is 0 Å². The summed E-state index contributed by atoms with van der Waals surface area (Å²) in [4.78, 5) is 0. The van der Waals surface area contributed by atoms with Crippen LogP contribution in [0.2, 0.25) is 0 Å². The van der Waals surface area contributed by atoms with E-state index in [1.54, 1.807) is 16.7 Å². The second-order valence-corrected chi connectivity index (χ2v) is 13.8. The van der Waals surface area contributed by atoms with Crippen LogP contribution in [-0.2, 0) is 0 Å². The standard InChI is InChI=1S/C45H33N/c1-2-10-27(11-3-1)29-19-21-43-37(22-29)41-26-31(25-40-35-16-8-9-17-42(35)46(43)45(40)41)30-23-38-32-13-5-4-12-28(32)18-20-36-33-14-6-7-15-34(33)39(24-30)44(36)38/h1-3,6-12,14-17,19,21-26,32,36H,4-5,13,18,20H2. The highest BCUT2D eigenvalue weighted by Gasteiger charge is 2.37. The summed E-state index contributed by atoms with van der Waals surface area (Å²) in [7, 11) is 0. The van der Waals surface area contributed by atoms with E-state index in [0.29, 0.717) is 11.8 Å². The molecule has 0 bridgehead atoms. The van der Waals surface area contributed by atoms with Crippen molar-refractivity contribution in [1.29, 1.82) is 0 Å². The lowest BCUT2D eigenvalue weighted by Gasteiger charge is -2.26. The van der Waals surface area contributed by atoms with Gasteiger partial charge in [0.05, 0.1) is 16.6 Å². The Hall–Kier alpha value is -5.14. The molecule has 46 heavy (non-hydrogen) atoms. The first-order valence-electron chi connectivity index (χ1n) is 17.1. The number of allylic oxidation sites excluding steroid dienone is 2. The molecule has 11 rings (SSSR count). The van der Waals surface area contributed by atoms with Gasteiger partial charge in [-0.15, -0.1) is 0 Å². The quantitative estimate of drug-likeness (QED) is 0.177. The monoisotopic (exact) mass is 587 g/mol. The van der Waals surface area contributed by atoms with Crippen LogP contribution in [0.1, 0.15) is 60.6 Å². The van der Waals surface area contributed by atoms with E-state index in [-0.39, 0.29) is 0 Å². The highest BCUT2D eigenvalue weighted by molar-refractivity contribution is 6.24. The Bertz CT molecular complexity index is 2560. The summed E-state index contributed by atoms with van der Waals surface area (Å²) in [5, 5.41) is 5.36. The number of nitrogens with zero attached hydrogens (tertiary/aromatic N) is 1. The Balaban J connectivity index is 1.23. The van der Waals surface area contributed by atoms with Gasteiger partial charge in [-0.05, 0) is 119 Å². The molecular weight excluding hydrogens is 555 g/mol. The molecule has 0 saturated carbocycles. The molecule has 218 valence electrons. The first-order valence-corrected chi connectivity index (χ1v) is 17.1. The van der Waals surface area contributed by atoms with Crippen molar-refractivity contribution >= 4 is 38.1 Å². The topological polar surface area (TPSA) is 4.41 Å². The van der Waals surface area contributed by atoms with Crippen LogP contribution in [0.4, 0.5) is 0 Å². The van der Waals surface area contributed by atoms with Gasteiger partial charge in [-0.2, -0.15) is 0 Å². The number of fused-ring (bicyclic) bond motifs is 11. The van der Waals surface area contributed by atoms with Gasteiger partial charge in [0.1, 0.15) is 0 Å². The minimum atomic E-state index is 0.517. The van der Waals surface area contributed by atoms with Crippen LogP contribution in [0.5, 0.6) is 0 Å². The first kappa shape index (κ1) is 25.1. The van der Waals surface area contributed by atoms with Crippen LogP contribution < -0.4 is 0 Å². The predicted octanol–water partition coefficient (Wildman–Crippen LogP) is 12.3. The first-order chi connectivity index (χ1) is 22.8. The van der Waals surface area contributed by atoms with Crippen LogP contribution >= 0.6 is 0 Å². The van der Waals surface area contributed by atoms with Gasteiger partial charge >= 0.3 is 0 Å². The SMILES string of the molecule is C1=C2CCC3c4ccccc4-c4cc(-c5cc6c7ccccc7n7c8ccc(-c9ccccc9)cc8c(c5)c67)cc(c43)C2CCC1. The van der Waals surface area contributed by atoms with E-state index in [4.69, 9.17) is 0 Å². The summed E-state index contributed by atoms with van der Waals surface area (Å²) >= 11 is 0. The molecule has 3 aliphatic rings. The third kappa shape index (κ3) is 3.30. The fourth-order valence-electron chi connectivity index (χ4n) is 9.60. The fraction of sp³-hybridized carbons (Fsp3) is 0.156. The lowest BCUT2D eigenvalue weighted by atomic mass is 9.79. The largest absolute Gasteiger partial charge is 0.308 e. The van der Waals surface area contributed by atoms with Gasteiger partial charge in [-0.25, -0.2) is 0 Å². The Morgan fingerprint density at radius 2 is 1.26 bits per heavy atom. The second-order valence-electron chi connectivity index (χ2n) is 13.8. The van der Waals surface area contributed by atoms with Gasteiger partial charge in [-0.3, -0.25) is 0 Å². The van der Waals surface area contributed by atoms with Crippen LogP contribution in [0.25, 0.3) is 71.5 Å². The smallest absolute Gasteiger partial charge is 0.0620 e. The number of benzene rings is 6. The lowest BCUT2D eigenvalue weighted by molar-refractivity contribution is 0.602. The molecule has 1 heteroatoms. The van der Waals surface area contributed by atoms with Crippen LogP contribution in [0.15, 0.2) is 133 Å². The molecule has 0 spiro atoms. The molecule has 6 aromatic carbocycles. The molecule has 8 aromatic rings. The molecular formula is C45H33N. The van der Waals surface area contributed by atoms with Gasteiger partial charge in [0.2, 0.25) is 0 Å². The van der Waals surface area contributed by atoms with Crippen molar-refractivity contribution in [3.05, 3.63) is 150 Å². The van der Waals surface area contributed by atoms with Crippen molar-refractivity contribution in [3.63, 3.8) is 0 Å². The summed E-state index contributed by atoms with van der Waals surface area (Å²) in [6.45, 7) is 0. The van der Waals surface area contributed by atoms with E-state index < -0.39 is 0 Å². The van der Waals surface area contributed by atoms with Crippen LogP contribution in [0.3, 0.4) is 0 Å². The minimum absolute atomic E-state index is 0.517. The van der Waals surface area contributed by atoms with Crippen LogP contribution in [-0.4, -0.2) is 4.40 Å². The van der Waals surface area contributed by atoms with E-state index in [1.165, 1.54) is 109 Å². The van der Waals surface area contributed by atoms with Gasteiger partial charge in [0.15, 0.2) is 0 Å². The van der Waals surface area contributed by atoms with E-state index >= 15 is 0 Å². The van der Waals surface area contributed by atoms with Crippen molar-refractivity contribution < 1.29 is 0 Å². The fourth-order valence-corrected chi connectivity index (χ4v) is 9.60. The summed E-state index contributed by atoms with van der Waals surface area (Å²) < 4.78 is 2.50. The highest BCUT2D eigenvalue weighted by atomic mass is 14.9. The molecule has 0 aliphatic heterocycles. The van der Waals surface area contributed by atoms with Gasteiger partial charge < -0.3 is 4.40 Å². The number of hydrogen-bond donors (Lipinski definition) is 0.